The predicted molar refractivity (Wildman–Crippen MR) is 248 cm³/mol. The maximum Gasteiger partial charge on any atom is 0.193 e. The lowest BCUT2D eigenvalue weighted by Gasteiger charge is -2.42. The van der Waals surface area contributed by atoms with Crippen molar-refractivity contribution < 1.29 is 4.79 Å². The van der Waals surface area contributed by atoms with Gasteiger partial charge in [0.1, 0.15) is 12.7 Å². The fraction of sp³-hybridized carbons (Fsp3) is 0.0179. The van der Waals surface area contributed by atoms with E-state index in [4.69, 9.17) is 9.97 Å². The van der Waals surface area contributed by atoms with Gasteiger partial charge in [0.2, 0.25) is 0 Å². The molecule has 7 heteroatoms. The summed E-state index contributed by atoms with van der Waals surface area (Å²) in [6.07, 6.45) is 3.14. The first-order valence-corrected chi connectivity index (χ1v) is 20.8. The van der Waals surface area contributed by atoms with Crippen molar-refractivity contribution in [2.24, 2.45) is 0 Å². The molecule has 0 amide bonds. The van der Waals surface area contributed by atoms with E-state index in [0.29, 0.717) is 34.4 Å². The summed E-state index contributed by atoms with van der Waals surface area (Å²) >= 11 is 0. The maximum atomic E-state index is 14.4. The number of carbonyl (C=O) groups excluding carboxylic acids is 1. The van der Waals surface area contributed by atoms with Crippen LogP contribution in [0.1, 0.15) is 38.2 Å². The van der Waals surface area contributed by atoms with Crippen LogP contribution < -0.4 is 0 Å². The van der Waals surface area contributed by atoms with Gasteiger partial charge < -0.3 is 0 Å². The van der Waals surface area contributed by atoms with Crippen LogP contribution >= 0.6 is 0 Å². The maximum absolute atomic E-state index is 14.4. The Morgan fingerprint density at radius 2 is 0.635 bits per heavy atom. The number of benzene rings is 8. The van der Waals surface area contributed by atoms with Crippen molar-refractivity contribution in [3.05, 3.63) is 252 Å². The Kier molecular flexibility index (Phi) is 9.40. The molecule has 0 N–H and O–H groups in total. The molecule has 2 heterocycles. The molecule has 296 valence electrons. The van der Waals surface area contributed by atoms with Gasteiger partial charge in [0.25, 0.3) is 0 Å². The summed E-state index contributed by atoms with van der Waals surface area (Å²) in [5, 5.41) is 0. The molecule has 0 spiro atoms. The Morgan fingerprint density at radius 3 is 1.08 bits per heavy atom. The number of aromatic nitrogens is 6. The third kappa shape index (κ3) is 6.69. The van der Waals surface area contributed by atoms with E-state index < -0.39 is 5.41 Å². The lowest BCUT2D eigenvalue weighted by atomic mass is 9.59. The molecule has 10 aromatic rings. The summed E-state index contributed by atoms with van der Waals surface area (Å²) in [6.45, 7) is 0. The molecule has 0 saturated carbocycles. The van der Waals surface area contributed by atoms with Gasteiger partial charge in [-0.25, -0.2) is 29.9 Å². The second-order valence-electron chi connectivity index (χ2n) is 15.5. The summed E-state index contributed by atoms with van der Waals surface area (Å²) in [7, 11) is 0. The first kappa shape index (κ1) is 37.4. The monoisotopic (exact) mass is 808 g/mol. The Morgan fingerprint density at radius 1 is 0.302 bits per heavy atom. The third-order valence-electron chi connectivity index (χ3n) is 11.9. The molecule has 0 saturated heterocycles. The van der Waals surface area contributed by atoms with Crippen LogP contribution in [0.3, 0.4) is 0 Å². The van der Waals surface area contributed by atoms with Crippen molar-refractivity contribution in [2.45, 2.75) is 5.41 Å². The SMILES string of the molecule is O=C1c2ccccc2C(c2cccc(-c3cccc(-c4ncnc(-c5ccccc5)n4)c3)c2)(c2cccc(-c3cccc(-c4ncnc(-c5ccccc5)n4)c3)c2)c2ccccc21. The van der Waals surface area contributed by atoms with Gasteiger partial charge in [0.05, 0.1) is 5.41 Å². The highest BCUT2D eigenvalue weighted by molar-refractivity contribution is 6.14. The molecular formula is C56H36N6O. The molecule has 1 aliphatic carbocycles. The fourth-order valence-electron chi connectivity index (χ4n) is 8.96. The van der Waals surface area contributed by atoms with Gasteiger partial charge in [0, 0.05) is 33.4 Å². The first-order valence-electron chi connectivity index (χ1n) is 20.8. The molecule has 0 radical (unpaired) electrons. The zero-order valence-corrected chi connectivity index (χ0v) is 33.9. The van der Waals surface area contributed by atoms with Crippen molar-refractivity contribution in [2.75, 3.05) is 0 Å². The summed E-state index contributed by atoms with van der Waals surface area (Å²) < 4.78 is 0. The van der Waals surface area contributed by atoms with Crippen molar-refractivity contribution >= 4 is 5.78 Å². The van der Waals surface area contributed by atoms with E-state index in [1.807, 2.05) is 121 Å². The van der Waals surface area contributed by atoms with Gasteiger partial charge in [-0.3, -0.25) is 4.79 Å². The Labute approximate surface area is 364 Å². The Balaban J connectivity index is 1.06. The minimum atomic E-state index is -0.861. The van der Waals surface area contributed by atoms with Gasteiger partial charge in [-0.15, -0.1) is 0 Å². The van der Waals surface area contributed by atoms with E-state index in [2.05, 4.69) is 105 Å². The highest BCUT2D eigenvalue weighted by atomic mass is 16.1. The molecule has 63 heavy (non-hydrogen) atoms. The van der Waals surface area contributed by atoms with E-state index in [9.17, 15) is 4.79 Å². The minimum Gasteiger partial charge on any atom is -0.289 e. The number of hydrogen-bond acceptors (Lipinski definition) is 7. The van der Waals surface area contributed by atoms with Gasteiger partial charge >= 0.3 is 0 Å². The lowest BCUT2D eigenvalue weighted by molar-refractivity contribution is 0.103. The molecule has 0 bridgehead atoms. The number of nitrogens with zero attached hydrogens (tertiary/aromatic N) is 6. The molecule has 0 unspecified atom stereocenters. The molecule has 11 rings (SSSR count). The molecule has 0 aliphatic heterocycles. The fourth-order valence-corrected chi connectivity index (χ4v) is 8.96. The van der Waals surface area contributed by atoms with Gasteiger partial charge in [-0.1, -0.05) is 182 Å². The Hall–Kier alpha value is -8.55. The van der Waals surface area contributed by atoms with E-state index in [-0.39, 0.29) is 5.78 Å². The lowest BCUT2D eigenvalue weighted by Crippen LogP contribution is -2.38. The second kappa shape index (κ2) is 15.8. The van der Waals surface area contributed by atoms with E-state index in [0.717, 1.165) is 66.8 Å². The van der Waals surface area contributed by atoms with Crippen LogP contribution in [0.5, 0.6) is 0 Å². The van der Waals surface area contributed by atoms with E-state index in [1.54, 1.807) is 12.7 Å². The molecule has 0 atom stereocenters. The Bertz CT molecular complexity index is 3110. The number of rotatable bonds is 8. The van der Waals surface area contributed by atoms with Crippen molar-refractivity contribution in [3.63, 3.8) is 0 Å². The highest BCUT2D eigenvalue weighted by Gasteiger charge is 2.46. The van der Waals surface area contributed by atoms with Crippen LogP contribution in [0.2, 0.25) is 0 Å². The summed E-state index contributed by atoms with van der Waals surface area (Å²) in [4.78, 5) is 42.2. The molecule has 8 aromatic carbocycles. The summed E-state index contributed by atoms with van der Waals surface area (Å²) in [5.74, 6) is 2.45. The predicted octanol–water partition coefficient (Wildman–Crippen LogP) is 12.0. The molecular weight excluding hydrogens is 773 g/mol. The average molecular weight is 809 g/mol. The summed E-state index contributed by atoms with van der Waals surface area (Å²) in [5.41, 5.74) is 12.1. The molecule has 0 fully saturated rings. The van der Waals surface area contributed by atoms with Crippen LogP contribution in [0.4, 0.5) is 0 Å². The highest BCUT2D eigenvalue weighted by Crippen LogP contribution is 2.52. The van der Waals surface area contributed by atoms with Crippen molar-refractivity contribution in [3.8, 4) is 67.8 Å². The minimum absolute atomic E-state index is 0.0176. The second-order valence-corrected chi connectivity index (χ2v) is 15.5. The number of hydrogen-bond donors (Lipinski definition) is 0. The van der Waals surface area contributed by atoms with Crippen LogP contribution in [0, 0.1) is 0 Å². The van der Waals surface area contributed by atoms with Crippen molar-refractivity contribution in [1.82, 2.24) is 29.9 Å². The van der Waals surface area contributed by atoms with Gasteiger partial charge in [-0.05, 0) is 68.8 Å². The van der Waals surface area contributed by atoms with Crippen LogP contribution in [0.15, 0.2) is 219 Å². The first-order chi connectivity index (χ1) is 31.1. The normalized spacial score (nSPS) is 12.6. The van der Waals surface area contributed by atoms with Crippen molar-refractivity contribution in [1.29, 1.82) is 0 Å². The molecule has 2 aromatic heterocycles. The standard InChI is InChI=1S/C56H36N6O/c63-51-47-27-7-9-29-49(47)56(50-30-10-8-28-48(50)51,45-25-13-21-41(33-45)39-19-11-23-43(31-39)54-59-35-57-52(61-54)37-15-3-1-4-16-37)46-26-14-22-42(34-46)40-20-12-24-44(32-40)55-60-36-58-53(62-55)38-17-5-2-6-18-38/h1-36H. The number of ketones is 1. The average Bonchev–Trinajstić information content (AvgIpc) is 3.37. The largest absolute Gasteiger partial charge is 0.289 e. The zero-order chi connectivity index (χ0) is 42.2. The van der Waals surface area contributed by atoms with Gasteiger partial charge in [0.15, 0.2) is 29.1 Å². The van der Waals surface area contributed by atoms with E-state index >= 15 is 0 Å². The molecule has 1 aliphatic rings. The number of fused-ring (bicyclic) bond motifs is 2. The quantitative estimate of drug-likeness (QED) is 0.151. The van der Waals surface area contributed by atoms with Gasteiger partial charge in [-0.2, -0.15) is 0 Å². The third-order valence-corrected chi connectivity index (χ3v) is 11.9. The smallest absolute Gasteiger partial charge is 0.193 e. The zero-order valence-electron chi connectivity index (χ0n) is 33.9. The van der Waals surface area contributed by atoms with E-state index in [1.165, 1.54) is 0 Å². The van der Waals surface area contributed by atoms with Crippen LogP contribution in [-0.4, -0.2) is 35.7 Å². The topological polar surface area (TPSA) is 94.4 Å². The molecule has 7 nitrogen and oxygen atoms in total. The summed E-state index contributed by atoms with van der Waals surface area (Å²) in [6, 6.07) is 70.0. The van der Waals surface area contributed by atoms with Crippen LogP contribution in [0.25, 0.3) is 67.8 Å². The number of carbonyl (C=O) groups is 1. The van der Waals surface area contributed by atoms with Crippen LogP contribution in [-0.2, 0) is 5.41 Å².